The third-order valence-electron chi connectivity index (χ3n) is 16.0. The molecule has 0 saturated carbocycles. The lowest BCUT2D eigenvalue weighted by Gasteiger charge is -2.31. The standard InChI is InChI=1S/C62H89N15O14S/c1-6-35(4)52(62(90)91)76-60(88)51(34(2)3)75-56(84)43(21-22-49(65)78)71-57(85)45(27-36-15-8-7-9-16-36)73-59(87)48-20-14-25-77(48)61(89)47(28-37-31-67-41-18-11-10-17-39(37)41)74-58(86)46(29-38-32-66-33-68-38)72-54(82)42(19-12-13-24-63)70-55(83)44(23-26-92-5)69-53(81)40(64)30-50(79)80/h7-11,15-18,31-35,40,42-48,51-52,67H,6,12-14,19-30,63-64H2,1-5H3,(H2,65,78)(H,66,68)(H,69,81)(H,70,83)(H,71,85)(H,72,82)(H,73,87)(H,74,86)(H,75,84)(H,76,88)(H,79,80)(H,90,91)/t35-,40-,42-,43-,44-,45-,46-,47-,48-,51-,52-/m0/s1. The number of primary amides is 1. The number of carboxylic acid groups (broad SMARTS) is 2. The molecule has 1 aliphatic heterocycles. The highest BCUT2D eigenvalue weighted by Crippen LogP contribution is 2.24. The van der Waals surface area contributed by atoms with E-state index in [1.54, 1.807) is 76.5 Å². The number of benzene rings is 2. The van der Waals surface area contributed by atoms with Gasteiger partial charge in [-0.1, -0.05) is 82.6 Å². The number of rotatable bonds is 39. The smallest absolute Gasteiger partial charge is 0.326 e. The molecule has 0 bridgehead atoms. The molecule has 4 aromatic rings. The molecule has 3 heterocycles. The highest BCUT2D eigenvalue weighted by atomic mass is 32.2. The highest BCUT2D eigenvalue weighted by molar-refractivity contribution is 7.98. The number of unbranched alkanes of at least 4 members (excludes halogenated alkanes) is 1. The maximum Gasteiger partial charge on any atom is 0.326 e. The van der Waals surface area contributed by atoms with Crippen LogP contribution in [0.15, 0.2) is 73.3 Å². The first-order chi connectivity index (χ1) is 43.8. The van der Waals surface area contributed by atoms with E-state index in [-0.39, 0.29) is 58.0 Å². The third kappa shape index (κ3) is 22.5. The molecule has 29 nitrogen and oxygen atoms in total. The van der Waals surface area contributed by atoms with Crippen molar-refractivity contribution >= 4 is 93.7 Å². The second-order valence-electron chi connectivity index (χ2n) is 23.3. The van der Waals surface area contributed by atoms with Crippen LogP contribution in [-0.2, 0) is 76.8 Å². The average Bonchev–Trinajstić information content (AvgIpc) is 1.69. The van der Waals surface area contributed by atoms with Crippen molar-refractivity contribution < 1.29 is 67.7 Å². The zero-order valence-corrected chi connectivity index (χ0v) is 53.3. The number of carbonyl (C=O) groups excluding carboxylic acids is 10. The van der Waals surface area contributed by atoms with Gasteiger partial charge in [-0.25, -0.2) is 9.78 Å². The molecule has 0 spiro atoms. The van der Waals surface area contributed by atoms with E-state index in [1.807, 2.05) is 18.2 Å². The molecule has 18 N–H and O–H groups in total. The number of nitrogens with one attached hydrogen (secondary N) is 10. The molecule has 11 atom stereocenters. The molecule has 0 unspecified atom stereocenters. The molecule has 10 amide bonds. The van der Waals surface area contributed by atoms with Gasteiger partial charge in [-0.3, -0.25) is 52.7 Å². The summed E-state index contributed by atoms with van der Waals surface area (Å²) >= 11 is 1.37. The number of H-pyrrole nitrogens is 2. The number of thioether (sulfide) groups is 1. The van der Waals surface area contributed by atoms with Crippen LogP contribution in [0.2, 0.25) is 0 Å². The Morgan fingerprint density at radius 2 is 1.26 bits per heavy atom. The quantitative estimate of drug-likeness (QED) is 0.0251. The number of aromatic amines is 2. The second kappa shape index (κ2) is 36.8. The summed E-state index contributed by atoms with van der Waals surface area (Å²) in [5, 5.41) is 41.2. The van der Waals surface area contributed by atoms with Crippen LogP contribution in [0.25, 0.3) is 10.9 Å². The van der Waals surface area contributed by atoms with Crippen molar-refractivity contribution in [1.29, 1.82) is 0 Å². The molecule has 1 fully saturated rings. The Morgan fingerprint density at radius 3 is 1.87 bits per heavy atom. The summed E-state index contributed by atoms with van der Waals surface area (Å²) in [5.41, 5.74) is 19.4. The van der Waals surface area contributed by atoms with Crippen LogP contribution in [0.5, 0.6) is 0 Å². The summed E-state index contributed by atoms with van der Waals surface area (Å²) < 4.78 is 0. The molecule has 30 heteroatoms. The van der Waals surface area contributed by atoms with Gasteiger partial charge in [-0.05, 0) is 92.5 Å². The predicted molar refractivity (Wildman–Crippen MR) is 341 cm³/mol. The third-order valence-corrected chi connectivity index (χ3v) is 16.6. The van der Waals surface area contributed by atoms with Crippen molar-refractivity contribution in [3.8, 4) is 0 Å². The molecule has 92 heavy (non-hydrogen) atoms. The monoisotopic (exact) mass is 1300 g/mol. The number of hydrogen-bond acceptors (Lipinski definition) is 16. The SMILES string of the molecule is CC[C@H](C)[C@H](NC(=O)[C@@H](NC(=O)[C@H](CCC(N)=O)NC(=O)[C@H](Cc1ccccc1)NC(=O)[C@@H]1CCCN1C(=O)[C@H](Cc1c[nH]c2ccccc12)NC(=O)[C@H](Cc1cnc[nH]1)NC(=O)[C@H](CCCCN)NC(=O)[C@H](CCSC)NC(=O)[C@@H](N)CC(=O)O)C(C)C)C(=O)O. The molecule has 0 radical (unpaired) electrons. The number of fused-ring (bicyclic) bond motifs is 1. The van der Waals surface area contributed by atoms with E-state index in [2.05, 4.69) is 57.5 Å². The van der Waals surface area contributed by atoms with Crippen molar-refractivity contribution in [2.45, 2.75) is 172 Å². The van der Waals surface area contributed by atoms with Crippen molar-refractivity contribution in [3.63, 3.8) is 0 Å². The minimum atomic E-state index is -1.51. The first kappa shape index (κ1) is 73.8. The van der Waals surface area contributed by atoms with Gasteiger partial charge in [0.2, 0.25) is 59.1 Å². The lowest BCUT2D eigenvalue weighted by molar-refractivity contribution is -0.144. The Labute approximate surface area is 537 Å². The lowest BCUT2D eigenvalue weighted by Crippen LogP contribution is -2.61. The number of likely N-dealkylation sites (tertiary alicyclic amines) is 1. The summed E-state index contributed by atoms with van der Waals surface area (Å²) in [6.45, 7) is 6.94. The topological polar surface area (TPSA) is 467 Å². The van der Waals surface area contributed by atoms with Crippen molar-refractivity contribution in [2.75, 3.05) is 25.1 Å². The fraction of sp³-hybridized carbons (Fsp3) is 0.532. The number of aliphatic carboxylic acids is 2. The molecule has 2 aromatic heterocycles. The minimum absolute atomic E-state index is 0.0274. The number of imidazole rings is 1. The maximum absolute atomic E-state index is 15.4. The Hall–Kier alpha value is -8.90. The Kier molecular flexibility index (Phi) is 29.6. The summed E-state index contributed by atoms with van der Waals surface area (Å²) in [6.07, 6.45) is 6.10. The van der Waals surface area contributed by atoms with E-state index >= 15 is 9.59 Å². The Balaban J connectivity index is 1.45. The van der Waals surface area contributed by atoms with Gasteiger partial charge >= 0.3 is 11.9 Å². The van der Waals surface area contributed by atoms with Crippen molar-refractivity contribution in [1.82, 2.24) is 62.4 Å². The van der Waals surface area contributed by atoms with Gasteiger partial charge < -0.3 is 84.8 Å². The first-order valence-corrected chi connectivity index (χ1v) is 32.2. The summed E-state index contributed by atoms with van der Waals surface area (Å²) in [4.78, 5) is 176. The number of nitrogens with zero attached hydrogens (tertiary/aromatic N) is 2. The minimum Gasteiger partial charge on any atom is -0.481 e. The fourth-order valence-corrected chi connectivity index (χ4v) is 11.0. The summed E-state index contributed by atoms with van der Waals surface area (Å²) in [6, 6.07) is 2.21. The molecular formula is C62H89N15O14S. The van der Waals surface area contributed by atoms with E-state index < -0.39 is 156 Å². The van der Waals surface area contributed by atoms with E-state index in [0.717, 1.165) is 10.9 Å². The van der Waals surface area contributed by atoms with Gasteiger partial charge in [0.05, 0.1) is 18.8 Å². The van der Waals surface area contributed by atoms with Gasteiger partial charge in [0.25, 0.3) is 0 Å². The van der Waals surface area contributed by atoms with E-state index in [4.69, 9.17) is 17.2 Å². The number of nitrogens with two attached hydrogens (primary N) is 3. The average molecular weight is 1300 g/mol. The van der Waals surface area contributed by atoms with Gasteiger partial charge in [0.1, 0.15) is 54.4 Å². The fourth-order valence-electron chi connectivity index (χ4n) is 10.6. The van der Waals surface area contributed by atoms with Gasteiger partial charge in [-0.15, -0.1) is 0 Å². The van der Waals surface area contributed by atoms with Gasteiger partial charge in [0.15, 0.2) is 0 Å². The number of para-hydroxylation sites is 1. The Bertz CT molecular complexity index is 3170. The van der Waals surface area contributed by atoms with Crippen LogP contribution in [-0.4, -0.2) is 187 Å². The van der Waals surface area contributed by atoms with Crippen molar-refractivity contribution in [3.05, 3.63) is 90.1 Å². The maximum atomic E-state index is 15.4. The van der Waals surface area contributed by atoms with E-state index in [9.17, 15) is 58.2 Å². The van der Waals surface area contributed by atoms with Crippen LogP contribution < -0.4 is 59.7 Å². The number of carboxylic acids is 2. The van der Waals surface area contributed by atoms with Crippen LogP contribution >= 0.6 is 11.8 Å². The van der Waals surface area contributed by atoms with Gasteiger partial charge in [0, 0.05) is 61.2 Å². The number of amides is 10. The van der Waals surface area contributed by atoms with Gasteiger partial charge in [-0.2, -0.15) is 11.8 Å². The number of hydrogen-bond donors (Lipinski definition) is 15. The number of carbonyl (C=O) groups is 12. The molecule has 1 aliphatic rings. The molecule has 2 aromatic carbocycles. The molecular weight excluding hydrogens is 1210 g/mol. The summed E-state index contributed by atoms with van der Waals surface area (Å²) in [5.74, 6) is -11.5. The highest BCUT2D eigenvalue weighted by Gasteiger charge is 2.42. The van der Waals surface area contributed by atoms with E-state index in [1.165, 1.54) is 29.2 Å². The largest absolute Gasteiger partial charge is 0.481 e. The zero-order valence-electron chi connectivity index (χ0n) is 52.5. The van der Waals surface area contributed by atoms with Crippen molar-refractivity contribution in [2.24, 2.45) is 29.0 Å². The summed E-state index contributed by atoms with van der Waals surface area (Å²) in [7, 11) is 0. The predicted octanol–water partition coefficient (Wildman–Crippen LogP) is -0.475. The lowest BCUT2D eigenvalue weighted by atomic mass is 9.97. The van der Waals surface area contributed by atoms with Crippen LogP contribution in [0.1, 0.15) is 109 Å². The van der Waals surface area contributed by atoms with Crippen LogP contribution in [0, 0.1) is 11.8 Å². The van der Waals surface area contributed by atoms with Crippen LogP contribution in [0.3, 0.4) is 0 Å². The molecule has 0 aliphatic carbocycles. The Morgan fingerprint density at radius 1 is 0.674 bits per heavy atom. The first-order valence-electron chi connectivity index (χ1n) is 30.8. The molecule has 5 rings (SSSR count). The van der Waals surface area contributed by atoms with Crippen LogP contribution in [0.4, 0.5) is 0 Å². The number of aromatic nitrogens is 3. The zero-order chi connectivity index (χ0) is 67.6. The molecule has 1 saturated heterocycles. The second-order valence-corrected chi connectivity index (χ2v) is 24.3. The molecule has 502 valence electrons. The normalized spacial score (nSPS) is 16.2. The van der Waals surface area contributed by atoms with E-state index in [0.29, 0.717) is 48.3 Å².